The van der Waals surface area contributed by atoms with Gasteiger partial charge in [0.25, 0.3) is 0 Å². The van der Waals surface area contributed by atoms with Gasteiger partial charge in [0.05, 0.1) is 7.11 Å². The molecular formula is C16H18FNO. The van der Waals surface area contributed by atoms with Crippen LogP contribution in [0.2, 0.25) is 0 Å². The Hall–Kier alpha value is -1.87. The summed E-state index contributed by atoms with van der Waals surface area (Å²) in [5, 5.41) is 3.41. The van der Waals surface area contributed by atoms with E-state index >= 15 is 0 Å². The molecule has 0 heterocycles. The first-order chi connectivity index (χ1) is 9.19. The maximum atomic E-state index is 12.8. The second kappa shape index (κ2) is 6.34. The molecule has 0 saturated heterocycles. The second-order valence-corrected chi connectivity index (χ2v) is 4.51. The molecule has 0 aliphatic rings. The van der Waals surface area contributed by atoms with Gasteiger partial charge in [0, 0.05) is 12.6 Å². The Bertz CT molecular complexity index is 525. The molecule has 2 aromatic rings. The Balaban J connectivity index is 1.96. The van der Waals surface area contributed by atoms with Gasteiger partial charge in [0.2, 0.25) is 0 Å². The third kappa shape index (κ3) is 3.80. The topological polar surface area (TPSA) is 21.3 Å². The van der Waals surface area contributed by atoms with Crippen molar-refractivity contribution in [3.05, 3.63) is 65.5 Å². The molecule has 2 nitrogen and oxygen atoms in total. The molecule has 0 amide bonds. The van der Waals surface area contributed by atoms with Crippen LogP contribution in [0.4, 0.5) is 4.39 Å². The number of methoxy groups -OCH3 is 1. The van der Waals surface area contributed by atoms with E-state index in [-0.39, 0.29) is 11.9 Å². The molecule has 0 fully saturated rings. The van der Waals surface area contributed by atoms with E-state index in [9.17, 15) is 4.39 Å². The van der Waals surface area contributed by atoms with Gasteiger partial charge in [0.15, 0.2) is 0 Å². The van der Waals surface area contributed by atoms with Gasteiger partial charge in [-0.25, -0.2) is 4.39 Å². The van der Waals surface area contributed by atoms with E-state index in [1.165, 1.54) is 17.7 Å². The van der Waals surface area contributed by atoms with Crippen molar-refractivity contribution in [3.8, 4) is 5.75 Å². The third-order valence-corrected chi connectivity index (χ3v) is 3.12. The molecule has 0 aliphatic carbocycles. The van der Waals surface area contributed by atoms with Crippen molar-refractivity contribution in [3.63, 3.8) is 0 Å². The summed E-state index contributed by atoms with van der Waals surface area (Å²) in [5.74, 6) is 0.650. The Morgan fingerprint density at radius 3 is 2.58 bits per heavy atom. The summed E-state index contributed by atoms with van der Waals surface area (Å²) in [4.78, 5) is 0. The van der Waals surface area contributed by atoms with E-state index < -0.39 is 0 Å². The lowest BCUT2D eigenvalue weighted by atomic mass is 10.1. The van der Waals surface area contributed by atoms with Gasteiger partial charge in [-0.1, -0.05) is 24.3 Å². The van der Waals surface area contributed by atoms with E-state index in [4.69, 9.17) is 4.74 Å². The van der Waals surface area contributed by atoms with Crippen molar-refractivity contribution in [2.75, 3.05) is 7.11 Å². The van der Waals surface area contributed by atoms with Crippen LogP contribution in [0.3, 0.4) is 0 Å². The quantitative estimate of drug-likeness (QED) is 0.884. The highest BCUT2D eigenvalue weighted by molar-refractivity contribution is 5.30. The van der Waals surface area contributed by atoms with Crippen molar-refractivity contribution < 1.29 is 9.13 Å². The molecule has 1 atom stereocenters. The predicted octanol–water partition coefficient (Wildman–Crippen LogP) is 3.69. The van der Waals surface area contributed by atoms with Gasteiger partial charge in [0.1, 0.15) is 11.6 Å². The maximum Gasteiger partial charge on any atom is 0.123 e. The van der Waals surface area contributed by atoms with E-state index in [1.54, 1.807) is 19.2 Å². The number of hydrogen-bond donors (Lipinski definition) is 1. The summed E-state index contributed by atoms with van der Waals surface area (Å²) in [6.07, 6.45) is 0. The maximum absolute atomic E-state index is 12.8. The third-order valence-electron chi connectivity index (χ3n) is 3.12. The second-order valence-electron chi connectivity index (χ2n) is 4.51. The van der Waals surface area contributed by atoms with Gasteiger partial charge in [-0.2, -0.15) is 0 Å². The first kappa shape index (κ1) is 13.6. The number of benzene rings is 2. The first-order valence-electron chi connectivity index (χ1n) is 6.31. The van der Waals surface area contributed by atoms with Crippen LogP contribution in [-0.4, -0.2) is 7.11 Å². The summed E-state index contributed by atoms with van der Waals surface area (Å²) < 4.78 is 18.0. The van der Waals surface area contributed by atoms with Crippen molar-refractivity contribution in [2.24, 2.45) is 0 Å². The lowest BCUT2D eigenvalue weighted by Gasteiger charge is -2.15. The molecule has 3 heteroatoms. The summed E-state index contributed by atoms with van der Waals surface area (Å²) in [5.41, 5.74) is 2.23. The van der Waals surface area contributed by atoms with Crippen LogP contribution in [0.1, 0.15) is 24.1 Å². The largest absolute Gasteiger partial charge is 0.497 e. The molecule has 1 N–H and O–H groups in total. The highest BCUT2D eigenvalue weighted by atomic mass is 19.1. The zero-order chi connectivity index (χ0) is 13.7. The van der Waals surface area contributed by atoms with Gasteiger partial charge >= 0.3 is 0 Å². The molecule has 0 unspecified atom stereocenters. The van der Waals surface area contributed by atoms with Crippen LogP contribution in [0.15, 0.2) is 48.5 Å². The SMILES string of the molecule is COc1cccc([C@@H](C)NCc2ccc(F)cc2)c1. The Morgan fingerprint density at radius 1 is 1.16 bits per heavy atom. The summed E-state index contributed by atoms with van der Waals surface area (Å²) in [7, 11) is 1.66. The molecule has 2 aromatic carbocycles. The summed E-state index contributed by atoms with van der Waals surface area (Å²) in [6, 6.07) is 14.7. The van der Waals surface area contributed by atoms with Gasteiger partial charge in [-0.3, -0.25) is 0 Å². The fourth-order valence-electron chi connectivity index (χ4n) is 1.90. The van der Waals surface area contributed by atoms with E-state index in [2.05, 4.69) is 18.3 Å². The van der Waals surface area contributed by atoms with Crippen LogP contribution in [0, 0.1) is 5.82 Å². The number of rotatable bonds is 5. The van der Waals surface area contributed by atoms with Gasteiger partial charge < -0.3 is 10.1 Å². The monoisotopic (exact) mass is 259 g/mol. The summed E-state index contributed by atoms with van der Waals surface area (Å²) in [6.45, 7) is 2.80. The van der Waals surface area contributed by atoms with Crippen molar-refractivity contribution in [1.82, 2.24) is 5.32 Å². The van der Waals surface area contributed by atoms with Gasteiger partial charge in [-0.15, -0.1) is 0 Å². The molecule has 19 heavy (non-hydrogen) atoms. The average molecular weight is 259 g/mol. The fourth-order valence-corrected chi connectivity index (χ4v) is 1.90. The van der Waals surface area contributed by atoms with E-state index in [1.807, 2.05) is 18.2 Å². The minimum atomic E-state index is -0.204. The predicted molar refractivity (Wildman–Crippen MR) is 74.6 cm³/mol. The molecule has 0 saturated carbocycles. The Labute approximate surface area is 113 Å². The van der Waals surface area contributed by atoms with Gasteiger partial charge in [-0.05, 0) is 42.3 Å². The molecule has 100 valence electrons. The fraction of sp³-hybridized carbons (Fsp3) is 0.250. The number of ether oxygens (including phenoxy) is 1. The molecule has 0 radical (unpaired) electrons. The molecule has 0 spiro atoms. The van der Waals surface area contributed by atoms with Crippen molar-refractivity contribution in [2.45, 2.75) is 19.5 Å². The first-order valence-corrected chi connectivity index (χ1v) is 6.31. The standard InChI is InChI=1S/C16H18FNO/c1-12(14-4-3-5-16(10-14)19-2)18-11-13-6-8-15(17)9-7-13/h3-10,12,18H,11H2,1-2H3/t12-/m1/s1. The summed E-state index contributed by atoms with van der Waals surface area (Å²) >= 11 is 0. The lowest BCUT2D eigenvalue weighted by Crippen LogP contribution is -2.18. The van der Waals surface area contributed by atoms with Crippen LogP contribution in [0.25, 0.3) is 0 Å². The van der Waals surface area contributed by atoms with Crippen LogP contribution in [-0.2, 0) is 6.54 Å². The lowest BCUT2D eigenvalue weighted by molar-refractivity contribution is 0.413. The Kier molecular flexibility index (Phi) is 4.53. The molecule has 0 aromatic heterocycles. The zero-order valence-electron chi connectivity index (χ0n) is 11.2. The number of hydrogen-bond acceptors (Lipinski definition) is 2. The number of nitrogens with one attached hydrogen (secondary N) is 1. The van der Waals surface area contributed by atoms with E-state index in [0.29, 0.717) is 6.54 Å². The minimum absolute atomic E-state index is 0.204. The zero-order valence-corrected chi connectivity index (χ0v) is 11.2. The molecule has 2 rings (SSSR count). The van der Waals surface area contributed by atoms with Crippen LogP contribution in [0.5, 0.6) is 5.75 Å². The number of halogens is 1. The normalized spacial score (nSPS) is 12.2. The van der Waals surface area contributed by atoms with Crippen molar-refractivity contribution in [1.29, 1.82) is 0 Å². The Morgan fingerprint density at radius 2 is 1.89 bits per heavy atom. The van der Waals surface area contributed by atoms with Crippen LogP contribution < -0.4 is 10.1 Å². The average Bonchev–Trinajstić information content (AvgIpc) is 2.46. The van der Waals surface area contributed by atoms with E-state index in [0.717, 1.165) is 11.3 Å². The van der Waals surface area contributed by atoms with Crippen molar-refractivity contribution >= 4 is 0 Å². The smallest absolute Gasteiger partial charge is 0.123 e. The minimum Gasteiger partial charge on any atom is -0.497 e. The van der Waals surface area contributed by atoms with Crippen LogP contribution >= 0.6 is 0 Å². The highest BCUT2D eigenvalue weighted by Crippen LogP contribution is 2.19. The molecule has 0 aliphatic heterocycles. The molecule has 0 bridgehead atoms. The highest BCUT2D eigenvalue weighted by Gasteiger charge is 2.05. The molecular weight excluding hydrogens is 241 g/mol.